The topological polar surface area (TPSA) is 28.4 Å². The van der Waals surface area contributed by atoms with E-state index in [9.17, 15) is 0 Å². The molecule has 1 N–H and O–H groups in total. The second-order valence-electron chi connectivity index (χ2n) is 4.58. The number of rotatable bonds is 7. The van der Waals surface area contributed by atoms with Gasteiger partial charge >= 0.3 is 0 Å². The lowest BCUT2D eigenvalue weighted by Crippen LogP contribution is -2.16. The SMILES string of the molecule is CCNCc1coc(CN(C)Cc2ccc(Cl)s2)c1. The largest absolute Gasteiger partial charge is 0.468 e. The van der Waals surface area contributed by atoms with E-state index < -0.39 is 0 Å². The van der Waals surface area contributed by atoms with Gasteiger partial charge in [0.25, 0.3) is 0 Å². The van der Waals surface area contributed by atoms with Crippen molar-refractivity contribution in [1.82, 2.24) is 10.2 Å². The summed E-state index contributed by atoms with van der Waals surface area (Å²) in [5.41, 5.74) is 1.20. The molecular formula is C14H19ClN2OS. The zero-order valence-corrected chi connectivity index (χ0v) is 12.9. The summed E-state index contributed by atoms with van der Waals surface area (Å²) in [5.74, 6) is 0.998. The highest BCUT2D eigenvalue weighted by atomic mass is 35.5. The van der Waals surface area contributed by atoms with Crippen molar-refractivity contribution in [1.29, 1.82) is 0 Å². The third-order valence-corrected chi connectivity index (χ3v) is 3.98. The Bertz CT molecular complexity index is 509. The van der Waals surface area contributed by atoms with Crippen molar-refractivity contribution in [2.45, 2.75) is 26.6 Å². The van der Waals surface area contributed by atoms with Crippen molar-refractivity contribution in [2.24, 2.45) is 0 Å². The molecule has 0 aromatic carbocycles. The van der Waals surface area contributed by atoms with E-state index in [2.05, 4.69) is 36.3 Å². The van der Waals surface area contributed by atoms with E-state index in [0.717, 1.165) is 36.3 Å². The van der Waals surface area contributed by atoms with Crippen LogP contribution in [0.2, 0.25) is 4.34 Å². The first-order chi connectivity index (χ1) is 9.17. The van der Waals surface area contributed by atoms with Gasteiger partial charge in [0.2, 0.25) is 0 Å². The maximum atomic E-state index is 5.93. The molecule has 0 aliphatic heterocycles. The molecule has 0 aliphatic rings. The van der Waals surface area contributed by atoms with Gasteiger partial charge in [0.05, 0.1) is 17.1 Å². The maximum absolute atomic E-state index is 5.93. The van der Waals surface area contributed by atoms with Gasteiger partial charge in [0.15, 0.2) is 0 Å². The smallest absolute Gasteiger partial charge is 0.118 e. The Balaban J connectivity index is 1.84. The molecular weight excluding hydrogens is 280 g/mol. The normalized spacial score (nSPS) is 11.4. The van der Waals surface area contributed by atoms with Crippen molar-refractivity contribution in [3.05, 3.63) is 45.0 Å². The van der Waals surface area contributed by atoms with E-state index >= 15 is 0 Å². The summed E-state index contributed by atoms with van der Waals surface area (Å²) in [5, 5.41) is 3.29. The third-order valence-electron chi connectivity index (χ3n) is 2.77. The summed E-state index contributed by atoms with van der Waals surface area (Å²) < 4.78 is 6.41. The van der Waals surface area contributed by atoms with Gasteiger partial charge < -0.3 is 9.73 Å². The van der Waals surface area contributed by atoms with E-state index in [-0.39, 0.29) is 0 Å². The van der Waals surface area contributed by atoms with Gasteiger partial charge in [0, 0.05) is 23.5 Å². The molecule has 0 saturated heterocycles. The minimum absolute atomic E-state index is 0.807. The van der Waals surface area contributed by atoms with Gasteiger partial charge in [-0.25, -0.2) is 0 Å². The molecule has 0 atom stereocenters. The van der Waals surface area contributed by atoms with Crippen LogP contribution in [0, 0.1) is 0 Å². The number of thiophene rings is 1. The van der Waals surface area contributed by atoms with Crippen LogP contribution >= 0.6 is 22.9 Å². The van der Waals surface area contributed by atoms with Gasteiger partial charge in [0.1, 0.15) is 5.76 Å². The lowest BCUT2D eigenvalue weighted by molar-refractivity contribution is 0.290. The Kier molecular flexibility index (Phi) is 5.45. The van der Waals surface area contributed by atoms with Crippen LogP contribution in [0.5, 0.6) is 0 Å². The summed E-state index contributed by atoms with van der Waals surface area (Å²) >= 11 is 7.56. The van der Waals surface area contributed by atoms with E-state index in [0.29, 0.717) is 0 Å². The molecule has 0 unspecified atom stereocenters. The first kappa shape index (κ1) is 14.6. The van der Waals surface area contributed by atoms with Crippen LogP contribution in [-0.4, -0.2) is 18.5 Å². The number of hydrogen-bond acceptors (Lipinski definition) is 4. The average Bonchev–Trinajstić information content (AvgIpc) is 2.96. The van der Waals surface area contributed by atoms with Crippen molar-refractivity contribution in [3.63, 3.8) is 0 Å². The second-order valence-corrected chi connectivity index (χ2v) is 6.38. The zero-order chi connectivity index (χ0) is 13.7. The number of hydrogen-bond donors (Lipinski definition) is 1. The molecule has 19 heavy (non-hydrogen) atoms. The quantitative estimate of drug-likeness (QED) is 0.844. The monoisotopic (exact) mass is 298 g/mol. The van der Waals surface area contributed by atoms with Gasteiger partial charge in [-0.3, -0.25) is 4.90 Å². The molecule has 3 nitrogen and oxygen atoms in total. The third kappa shape index (κ3) is 4.66. The Hall–Kier alpha value is -0.810. The van der Waals surface area contributed by atoms with Gasteiger partial charge in [-0.1, -0.05) is 18.5 Å². The second kappa shape index (κ2) is 7.10. The number of halogens is 1. The van der Waals surface area contributed by atoms with Gasteiger partial charge in [-0.15, -0.1) is 11.3 Å². The summed E-state index contributed by atoms with van der Waals surface area (Å²) in [7, 11) is 2.08. The molecule has 0 bridgehead atoms. The fraction of sp³-hybridized carbons (Fsp3) is 0.429. The molecule has 0 spiro atoms. The lowest BCUT2D eigenvalue weighted by Gasteiger charge is -2.13. The molecule has 2 heterocycles. The fourth-order valence-corrected chi connectivity index (χ4v) is 3.06. The molecule has 2 aromatic rings. The summed E-state index contributed by atoms with van der Waals surface area (Å²) in [4.78, 5) is 3.49. The summed E-state index contributed by atoms with van der Waals surface area (Å²) in [6.07, 6.45) is 1.83. The van der Waals surface area contributed by atoms with E-state index in [1.54, 1.807) is 11.3 Å². The molecule has 104 valence electrons. The standard InChI is InChI=1S/C14H19ClN2OS/c1-3-16-7-11-6-12(18-10-11)8-17(2)9-13-4-5-14(15)19-13/h4-6,10,16H,3,7-9H2,1-2H3. The highest BCUT2D eigenvalue weighted by Crippen LogP contribution is 2.23. The maximum Gasteiger partial charge on any atom is 0.118 e. The molecule has 5 heteroatoms. The molecule has 0 saturated carbocycles. The van der Waals surface area contributed by atoms with E-state index in [1.807, 2.05) is 12.3 Å². The van der Waals surface area contributed by atoms with Crippen LogP contribution in [0.3, 0.4) is 0 Å². The minimum atomic E-state index is 0.807. The molecule has 2 aromatic heterocycles. The first-order valence-corrected chi connectivity index (χ1v) is 7.56. The van der Waals surface area contributed by atoms with E-state index in [4.69, 9.17) is 16.0 Å². The number of furan rings is 1. The first-order valence-electron chi connectivity index (χ1n) is 6.37. The Morgan fingerprint density at radius 1 is 1.37 bits per heavy atom. The highest BCUT2D eigenvalue weighted by Gasteiger charge is 2.07. The highest BCUT2D eigenvalue weighted by molar-refractivity contribution is 7.16. The minimum Gasteiger partial charge on any atom is -0.468 e. The van der Waals surface area contributed by atoms with Crippen molar-refractivity contribution >= 4 is 22.9 Å². The van der Waals surface area contributed by atoms with Crippen LogP contribution in [-0.2, 0) is 19.6 Å². The fourth-order valence-electron chi connectivity index (χ4n) is 1.90. The zero-order valence-electron chi connectivity index (χ0n) is 11.3. The molecule has 0 aliphatic carbocycles. The lowest BCUT2D eigenvalue weighted by atomic mass is 10.3. The Labute approximate surface area is 123 Å². The number of nitrogens with one attached hydrogen (secondary N) is 1. The van der Waals surface area contributed by atoms with Crippen LogP contribution in [0.25, 0.3) is 0 Å². The molecule has 0 amide bonds. The van der Waals surface area contributed by atoms with Crippen LogP contribution in [0.15, 0.2) is 28.9 Å². The predicted octanol–water partition coefficient (Wildman–Crippen LogP) is 3.74. The van der Waals surface area contributed by atoms with Gasteiger partial charge in [-0.2, -0.15) is 0 Å². The van der Waals surface area contributed by atoms with Crippen molar-refractivity contribution < 1.29 is 4.42 Å². The van der Waals surface area contributed by atoms with Crippen molar-refractivity contribution in [3.8, 4) is 0 Å². The van der Waals surface area contributed by atoms with E-state index in [1.165, 1.54) is 10.4 Å². The number of nitrogens with zero attached hydrogens (tertiary/aromatic N) is 1. The van der Waals surface area contributed by atoms with Gasteiger partial charge in [-0.05, 0) is 31.8 Å². The summed E-state index contributed by atoms with van der Waals surface area (Å²) in [6.45, 7) is 5.63. The molecule has 2 rings (SSSR count). The summed E-state index contributed by atoms with van der Waals surface area (Å²) in [6, 6.07) is 6.12. The molecule has 0 fully saturated rings. The van der Waals surface area contributed by atoms with Crippen molar-refractivity contribution in [2.75, 3.05) is 13.6 Å². The Morgan fingerprint density at radius 2 is 2.21 bits per heavy atom. The predicted molar refractivity (Wildman–Crippen MR) is 80.6 cm³/mol. The van der Waals surface area contributed by atoms with Crippen LogP contribution in [0.4, 0.5) is 0 Å². The molecule has 0 radical (unpaired) electrons. The van der Waals surface area contributed by atoms with Crippen LogP contribution < -0.4 is 5.32 Å². The Morgan fingerprint density at radius 3 is 2.89 bits per heavy atom. The van der Waals surface area contributed by atoms with Crippen LogP contribution in [0.1, 0.15) is 23.1 Å². The average molecular weight is 299 g/mol.